The van der Waals surface area contributed by atoms with E-state index in [1.807, 2.05) is 6.26 Å². The Labute approximate surface area is 134 Å². The predicted molar refractivity (Wildman–Crippen MR) is 90.8 cm³/mol. The summed E-state index contributed by atoms with van der Waals surface area (Å²) in [5.41, 5.74) is 6.68. The van der Waals surface area contributed by atoms with Crippen molar-refractivity contribution in [1.29, 1.82) is 0 Å². The van der Waals surface area contributed by atoms with E-state index >= 15 is 0 Å². The van der Waals surface area contributed by atoms with Crippen molar-refractivity contribution in [3.05, 3.63) is 4.88 Å². The first kappa shape index (κ1) is 16.5. The zero-order chi connectivity index (χ0) is 15.4. The molecule has 1 aromatic heterocycles. The highest BCUT2D eigenvalue weighted by Gasteiger charge is 2.26. The zero-order valence-electron chi connectivity index (χ0n) is 12.8. The molecule has 0 amide bonds. The number of esters is 1. The minimum Gasteiger partial charge on any atom is -0.465 e. The van der Waals surface area contributed by atoms with Crippen molar-refractivity contribution < 1.29 is 9.53 Å². The molecule has 21 heavy (non-hydrogen) atoms. The van der Waals surface area contributed by atoms with Crippen molar-refractivity contribution in [2.24, 2.45) is 0 Å². The molecule has 7 heteroatoms. The standard InChI is InChI=1S/C14H23N3O2S2/c1-4-5-16-6-8-17(9-7-16)13-11(20-3)10(15)12(21-13)14(18)19-2/h4-9,15H2,1-3H3. The first-order valence-electron chi connectivity index (χ1n) is 7.14. The summed E-state index contributed by atoms with van der Waals surface area (Å²) in [5.74, 6) is -0.344. The Morgan fingerprint density at radius 1 is 1.38 bits per heavy atom. The molecule has 5 nitrogen and oxygen atoms in total. The second-order valence-corrected chi connectivity index (χ2v) is 6.82. The molecule has 0 atom stereocenters. The van der Waals surface area contributed by atoms with Gasteiger partial charge in [-0.2, -0.15) is 0 Å². The Balaban J connectivity index is 2.18. The number of methoxy groups -OCH3 is 1. The summed E-state index contributed by atoms with van der Waals surface area (Å²) in [6.07, 6.45) is 3.19. The van der Waals surface area contributed by atoms with Crippen LogP contribution in [0.25, 0.3) is 0 Å². The number of hydrogen-bond acceptors (Lipinski definition) is 7. The first-order valence-corrected chi connectivity index (χ1v) is 9.18. The number of nitrogens with zero attached hydrogens (tertiary/aromatic N) is 2. The average Bonchev–Trinajstić information content (AvgIpc) is 2.84. The maximum atomic E-state index is 11.8. The zero-order valence-corrected chi connectivity index (χ0v) is 14.5. The lowest BCUT2D eigenvalue weighted by molar-refractivity contribution is 0.0607. The quantitative estimate of drug-likeness (QED) is 0.661. The van der Waals surface area contributed by atoms with Crippen LogP contribution in [0.1, 0.15) is 23.0 Å². The fourth-order valence-corrected chi connectivity index (χ4v) is 4.71. The van der Waals surface area contributed by atoms with Gasteiger partial charge in [0.05, 0.1) is 17.7 Å². The van der Waals surface area contributed by atoms with Gasteiger partial charge in [0.25, 0.3) is 0 Å². The highest BCUT2D eigenvalue weighted by Crippen LogP contribution is 2.44. The summed E-state index contributed by atoms with van der Waals surface area (Å²) in [6.45, 7) is 7.45. The smallest absolute Gasteiger partial charge is 0.350 e. The second kappa shape index (κ2) is 7.38. The third-order valence-corrected chi connectivity index (χ3v) is 5.85. The average molecular weight is 329 g/mol. The number of ether oxygens (including phenoxy) is 1. The highest BCUT2D eigenvalue weighted by atomic mass is 32.2. The molecule has 0 bridgehead atoms. The predicted octanol–water partition coefficient (Wildman–Crippen LogP) is 2.37. The van der Waals surface area contributed by atoms with E-state index in [1.54, 1.807) is 11.8 Å². The van der Waals surface area contributed by atoms with E-state index in [0.29, 0.717) is 10.6 Å². The summed E-state index contributed by atoms with van der Waals surface area (Å²) < 4.78 is 4.82. The van der Waals surface area contributed by atoms with Gasteiger partial charge in [-0.15, -0.1) is 23.1 Å². The number of thiophene rings is 1. The van der Waals surface area contributed by atoms with Crippen LogP contribution in [-0.4, -0.2) is 57.0 Å². The van der Waals surface area contributed by atoms with E-state index in [1.165, 1.54) is 24.9 Å². The first-order chi connectivity index (χ1) is 10.1. The molecule has 0 unspecified atom stereocenters. The van der Waals surface area contributed by atoms with E-state index in [0.717, 1.165) is 42.6 Å². The summed E-state index contributed by atoms with van der Waals surface area (Å²) in [7, 11) is 1.39. The molecular weight excluding hydrogens is 306 g/mol. The fourth-order valence-electron chi connectivity index (χ4n) is 2.56. The molecule has 0 saturated carbocycles. The second-order valence-electron chi connectivity index (χ2n) is 5.00. The monoisotopic (exact) mass is 329 g/mol. The normalized spacial score (nSPS) is 16.2. The number of piperazine rings is 1. The van der Waals surface area contributed by atoms with E-state index < -0.39 is 0 Å². The molecule has 1 aliphatic rings. The third kappa shape index (κ3) is 3.46. The number of thioether (sulfide) groups is 1. The maximum Gasteiger partial charge on any atom is 0.350 e. The molecule has 1 fully saturated rings. The number of rotatable bonds is 5. The molecule has 118 valence electrons. The molecule has 0 aromatic carbocycles. The number of nitrogens with two attached hydrogens (primary N) is 1. The number of carbonyl (C=O) groups excluding carboxylic acids is 1. The maximum absolute atomic E-state index is 11.8. The van der Waals surface area contributed by atoms with E-state index in [4.69, 9.17) is 10.5 Å². The lowest BCUT2D eigenvalue weighted by Gasteiger charge is -2.35. The van der Waals surface area contributed by atoms with Crippen LogP contribution in [0.5, 0.6) is 0 Å². The van der Waals surface area contributed by atoms with Crippen molar-refractivity contribution >= 4 is 39.8 Å². The van der Waals surface area contributed by atoms with Crippen molar-refractivity contribution in [2.45, 2.75) is 18.2 Å². The molecule has 2 N–H and O–H groups in total. The lowest BCUT2D eigenvalue weighted by atomic mass is 10.3. The van der Waals surface area contributed by atoms with E-state index in [2.05, 4.69) is 16.7 Å². The summed E-state index contributed by atoms with van der Waals surface area (Å²) >= 11 is 3.05. The fraction of sp³-hybridized carbons (Fsp3) is 0.643. The van der Waals surface area contributed by atoms with Gasteiger partial charge in [0.2, 0.25) is 0 Å². The van der Waals surface area contributed by atoms with Gasteiger partial charge in [0.1, 0.15) is 9.88 Å². The van der Waals surface area contributed by atoms with Crippen LogP contribution in [0, 0.1) is 0 Å². The summed E-state index contributed by atoms with van der Waals surface area (Å²) in [6, 6.07) is 0. The van der Waals surface area contributed by atoms with Gasteiger partial charge in [0.15, 0.2) is 0 Å². The molecule has 0 radical (unpaired) electrons. The Hall–Kier alpha value is -0.920. The molecule has 2 heterocycles. The van der Waals surface area contributed by atoms with Crippen LogP contribution in [0.4, 0.5) is 10.7 Å². The Bertz CT molecular complexity index is 497. The Morgan fingerprint density at radius 2 is 2.05 bits per heavy atom. The lowest BCUT2D eigenvalue weighted by Crippen LogP contribution is -2.46. The van der Waals surface area contributed by atoms with Gasteiger partial charge >= 0.3 is 5.97 Å². The van der Waals surface area contributed by atoms with Gasteiger partial charge in [-0.3, -0.25) is 4.90 Å². The molecule has 2 rings (SSSR count). The van der Waals surface area contributed by atoms with Gasteiger partial charge < -0.3 is 15.4 Å². The number of anilines is 2. The highest BCUT2D eigenvalue weighted by molar-refractivity contribution is 7.99. The molecule has 1 aromatic rings. The minimum atomic E-state index is -0.344. The number of nitrogen functional groups attached to an aromatic ring is 1. The van der Waals surface area contributed by atoms with Crippen LogP contribution in [0.2, 0.25) is 0 Å². The molecule has 0 aliphatic carbocycles. The number of carbonyl (C=O) groups is 1. The molecule has 1 saturated heterocycles. The van der Waals surface area contributed by atoms with Crippen LogP contribution in [-0.2, 0) is 4.74 Å². The van der Waals surface area contributed by atoms with Crippen molar-refractivity contribution in [3.8, 4) is 0 Å². The van der Waals surface area contributed by atoms with Crippen molar-refractivity contribution in [2.75, 3.05) is 56.7 Å². The van der Waals surface area contributed by atoms with Gasteiger partial charge in [-0.25, -0.2) is 4.79 Å². The largest absolute Gasteiger partial charge is 0.465 e. The van der Waals surface area contributed by atoms with E-state index in [-0.39, 0.29) is 5.97 Å². The molecule has 1 aliphatic heterocycles. The van der Waals surface area contributed by atoms with E-state index in [9.17, 15) is 4.79 Å². The topological polar surface area (TPSA) is 58.8 Å². The molecular formula is C14H23N3O2S2. The minimum absolute atomic E-state index is 0.344. The van der Waals surface area contributed by atoms with Crippen molar-refractivity contribution in [3.63, 3.8) is 0 Å². The number of hydrogen-bond donors (Lipinski definition) is 1. The van der Waals surface area contributed by atoms with Gasteiger partial charge in [-0.1, -0.05) is 6.92 Å². The third-order valence-electron chi connectivity index (χ3n) is 3.66. The van der Waals surface area contributed by atoms with Crippen LogP contribution < -0.4 is 10.6 Å². The van der Waals surface area contributed by atoms with Gasteiger partial charge in [0, 0.05) is 26.2 Å². The summed E-state index contributed by atoms with van der Waals surface area (Å²) in [5, 5.41) is 1.11. The SMILES string of the molecule is CCCN1CCN(c2sc(C(=O)OC)c(N)c2SC)CC1. The van der Waals surface area contributed by atoms with Crippen LogP contribution in [0.15, 0.2) is 4.90 Å². The van der Waals surface area contributed by atoms with Crippen LogP contribution in [0.3, 0.4) is 0 Å². The molecule has 0 spiro atoms. The van der Waals surface area contributed by atoms with Gasteiger partial charge in [-0.05, 0) is 19.2 Å². The van der Waals surface area contributed by atoms with Crippen LogP contribution >= 0.6 is 23.1 Å². The Morgan fingerprint density at radius 3 is 2.57 bits per heavy atom. The Kier molecular flexibility index (Phi) is 5.78. The summed E-state index contributed by atoms with van der Waals surface area (Å²) in [4.78, 5) is 18.2. The van der Waals surface area contributed by atoms with Crippen molar-refractivity contribution in [1.82, 2.24) is 4.90 Å².